The Hall–Kier alpha value is -3.16. The van der Waals surface area contributed by atoms with Crippen LogP contribution in [0.5, 0.6) is 5.88 Å². The van der Waals surface area contributed by atoms with Crippen molar-refractivity contribution in [3.8, 4) is 5.88 Å². The molecule has 26 heavy (non-hydrogen) atoms. The van der Waals surface area contributed by atoms with Gasteiger partial charge in [-0.15, -0.1) is 0 Å². The van der Waals surface area contributed by atoms with Gasteiger partial charge in [0, 0.05) is 30.4 Å². The van der Waals surface area contributed by atoms with Crippen molar-refractivity contribution in [1.82, 2.24) is 19.7 Å². The summed E-state index contributed by atoms with van der Waals surface area (Å²) in [5, 5.41) is 3.73. The van der Waals surface area contributed by atoms with Gasteiger partial charge in [0.2, 0.25) is 11.8 Å². The molecule has 8 heteroatoms. The van der Waals surface area contributed by atoms with E-state index in [0.717, 1.165) is 11.8 Å². The fourth-order valence-corrected chi connectivity index (χ4v) is 3.54. The molecule has 2 unspecified atom stereocenters. The molecule has 0 radical (unpaired) electrons. The van der Waals surface area contributed by atoms with E-state index in [1.807, 2.05) is 0 Å². The molecule has 4 heterocycles. The molecule has 8 nitrogen and oxygen atoms in total. The average molecular weight is 353 g/mol. The lowest BCUT2D eigenvalue weighted by molar-refractivity contribution is -0.119. The topological polar surface area (TPSA) is 112 Å². The molecule has 1 aliphatic rings. The highest BCUT2D eigenvalue weighted by Crippen LogP contribution is 2.28. The summed E-state index contributed by atoms with van der Waals surface area (Å²) in [4.78, 5) is 31.9. The van der Waals surface area contributed by atoms with Crippen LogP contribution in [0.15, 0.2) is 30.7 Å². The molecule has 3 aromatic rings. The molecule has 3 aromatic heterocycles. The van der Waals surface area contributed by atoms with Gasteiger partial charge in [-0.25, -0.2) is 9.97 Å². The van der Waals surface area contributed by atoms with E-state index in [-0.39, 0.29) is 17.9 Å². The minimum absolute atomic E-state index is 0.0345. The molecule has 2 atom stereocenters. The van der Waals surface area contributed by atoms with Crippen LogP contribution >= 0.6 is 0 Å². The van der Waals surface area contributed by atoms with Gasteiger partial charge in [-0.1, -0.05) is 13.3 Å². The van der Waals surface area contributed by atoms with Crippen molar-refractivity contribution < 1.29 is 14.3 Å². The van der Waals surface area contributed by atoms with Crippen LogP contribution < -0.4 is 15.8 Å². The van der Waals surface area contributed by atoms with E-state index in [1.54, 1.807) is 35.1 Å². The lowest BCUT2D eigenvalue weighted by atomic mass is 9.98. The largest absolute Gasteiger partial charge is 0.474 e. The van der Waals surface area contributed by atoms with Crippen LogP contribution in [-0.4, -0.2) is 38.8 Å². The van der Waals surface area contributed by atoms with Gasteiger partial charge in [0.25, 0.3) is 5.91 Å². The number of nitrogens with two attached hydrogens (primary N) is 1. The monoisotopic (exact) mass is 353 g/mol. The van der Waals surface area contributed by atoms with Crippen LogP contribution in [0.2, 0.25) is 0 Å². The van der Waals surface area contributed by atoms with E-state index >= 15 is 0 Å². The molecule has 3 N–H and O–H groups in total. The summed E-state index contributed by atoms with van der Waals surface area (Å²) in [7, 11) is 0. The number of aromatic nitrogens is 3. The number of rotatable bonds is 5. The van der Waals surface area contributed by atoms with E-state index in [1.165, 1.54) is 0 Å². The molecule has 1 fully saturated rings. The van der Waals surface area contributed by atoms with Gasteiger partial charge < -0.3 is 15.8 Å². The number of hydrogen-bond donors (Lipinski definition) is 2. The van der Waals surface area contributed by atoms with Crippen LogP contribution in [0.3, 0.4) is 0 Å². The number of nitrogens with one attached hydrogen (secondary N) is 1. The molecule has 4 rings (SSSR count). The predicted octanol–water partition coefficient (Wildman–Crippen LogP) is 1.27. The van der Waals surface area contributed by atoms with Gasteiger partial charge in [-0.2, -0.15) is 0 Å². The van der Waals surface area contributed by atoms with E-state index in [4.69, 9.17) is 10.5 Å². The molecule has 1 saturated heterocycles. The number of nitrogens with zero attached hydrogens (tertiary/aromatic N) is 3. The first-order chi connectivity index (χ1) is 12.6. The fourth-order valence-electron chi connectivity index (χ4n) is 3.54. The van der Waals surface area contributed by atoms with E-state index in [0.29, 0.717) is 35.6 Å². The lowest BCUT2D eigenvalue weighted by Gasteiger charge is -2.18. The zero-order chi connectivity index (χ0) is 18.3. The summed E-state index contributed by atoms with van der Waals surface area (Å²) in [6, 6.07) is 3.45. The SMILES string of the molecule is CCC1CC(=O)NC1COc1nccc2cc(C(N)=O)c3nccn3c12. The number of amides is 2. The maximum absolute atomic E-state index is 11.7. The van der Waals surface area contributed by atoms with Gasteiger partial charge in [0.05, 0.1) is 11.6 Å². The molecule has 0 aliphatic carbocycles. The summed E-state index contributed by atoms with van der Waals surface area (Å²) in [6.45, 7) is 2.40. The van der Waals surface area contributed by atoms with Gasteiger partial charge in [-0.3, -0.25) is 14.0 Å². The van der Waals surface area contributed by atoms with Crippen LogP contribution in [0, 0.1) is 5.92 Å². The third kappa shape index (κ3) is 2.63. The number of imidazole rings is 1. The summed E-state index contributed by atoms with van der Waals surface area (Å²) >= 11 is 0. The summed E-state index contributed by atoms with van der Waals surface area (Å²) in [6.07, 6.45) is 6.40. The number of ether oxygens (including phenoxy) is 1. The van der Waals surface area contributed by atoms with Crippen LogP contribution in [-0.2, 0) is 4.79 Å². The Morgan fingerprint density at radius 1 is 1.42 bits per heavy atom. The first-order valence-corrected chi connectivity index (χ1v) is 8.55. The van der Waals surface area contributed by atoms with Crippen molar-refractivity contribution in [3.05, 3.63) is 36.3 Å². The molecule has 0 spiro atoms. The molecular formula is C18H19N5O3. The van der Waals surface area contributed by atoms with E-state index < -0.39 is 5.91 Å². The van der Waals surface area contributed by atoms with Crippen molar-refractivity contribution in [3.63, 3.8) is 0 Å². The van der Waals surface area contributed by atoms with Crippen molar-refractivity contribution in [1.29, 1.82) is 0 Å². The smallest absolute Gasteiger partial charge is 0.252 e. The third-order valence-electron chi connectivity index (χ3n) is 4.90. The van der Waals surface area contributed by atoms with Crippen LogP contribution in [0.4, 0.5) is 0 Å². The molecule has 0 aromatic carbocycles. The van der Waals surface area contributed by atoms with Gasteiger partial charge in [0.15, 0.2) is 0 Å². The zero-order valence-corrected chi connectivity index (χ0v) is 14.3. The van der Waals surface area contributed by atoms with E-state index in [9.17, 15) is 9.59 Å². The minimum Gasteiger partial charge on any atom is -0.474 e. The Morgan fingerprint density at radius 2 is 2.27 bits per heavy atom. The maximum Gasteiger partial charge on any atom is 0.252 e. The molecule has 1 aliphatic heterocycles. The van der Waals surface area contributed by atoms with Crippen LogP contribution in [0.25, 0.3) is 16.6 Å². The standard InChI is InChI=1S/C18H19N5O3/c1-2-10-8-14(24)22-13(10)9-26-18-15-11(3-4-21-18)7-12(16(19)25)17-20-5-6-23(15)17/h3-7,10,13H,2,8-9H2,1H3,(H2,19,25)(H,22,24). The van der Waals surface area contributed by atoms with E-state index in [2.05, 4.69) is 22.2 Å². The third-order valence-corrected chi connectivity index (χ3v) is 4.90. The lowest BCUT2D eigenvalue weighted by Crippen LogP contribution is -2.34. The van der Waals surface area contributed by atoms with Crippen molar-refractivity contribution >= 4 is 28.4 Å². The average Bonchev–Trinajstić information content (AvgIpc) is 3.25. The Kier molecular flexibility index (Phi) is 3.95. The predicted molar refractivity (Wildman–Crippen MR) is 94.8 cm³/mol. The number of hydrogen-bond acceptors (Lipinski definition) is 5. The number of carbonyl (C=O) groups is 2. The normalized spacial score (nSPS) is 19.8. The van der Waals surface area contributed by atoms with Crippen LogP contribution in [0.1, 0.15) is 30.1 Å². The number of pyridine rings is 2. The highest BCUT2D eigenvalue weighted by Gasteiger charge is 2.31. The minimum atomic E-state index is -0.540. The number of carbonyl (C=O) groups excluding carboxylic acids is 2. The zero-order valence-electron chi connectivity index (χ0n) is 14.3. The Bertz CT molecular complexity index is 1010. The quantitative estimate of drug-likeness (QED) is 0.717. The number of fused-ring (bicyclic) bond motifs is 3. The van der Waals surface area contributed by atoms with Gasteiger partial charge >= 0.3 is 0 Å². The van der Waals surface area contributed by atoms with Gasteiger partial charge in [0.1, 0.15) is 17.8 Å². The second kappa shape index (κ2) is 6.29. The Morgan fingerprint density at radius 3 is 3.04 bits per heavy atom. The molecule has 2 amide bonds. The Labute approximate surface area is 149 Å². The first kappa shape index (κ1) is 16.3. The van der Waals surface area contributed by atoms with Crippen molar-refractivity contribution in [2.45, 2.75) is 25.8 Å². The number of primary amides is 1. The second-order valence-corrected chi connectivity index (χ2v) is 6.45. The molecular weight excluding hydrogens is 334 g/mol. The Balaban J connectivity index is 1.73. The maximum atomic E-state index is 11.7. The summed E-state index contributed by atoms with van der Waals surface area (Å²) < 4.78 is 7.72. The highest BCUT2D eigenvalue weighted by atomic mass is 16.5. The molecule has 0 bridgehead atoms. The van der Waals surface area contributed by atoms with Crippen molar-refractivity contribution in [2.24, 2.45) is 11.7 Å². The first-order valence-electron chi connectivity index (χ1n) is 8.55. The second-order valence-electron chi connectivity index (χ2n) is 6.45. The molecule has 0 saturated carbocycles. The molecule has 134 valence electrons. The van der Waals surface area contributed by atoms with Crippen molar-refractivity contribution in [2.75, 3.05) is 6.61 Å². The highest BCUT2D eigenvalue weighted by molar-refractivity contribution is 6.03. The summed E-state index contributed by atoms with van der Waals surface area (Å²) in [5.41, 5.74) is 6.99. The summed E-state index contributed by atoms with van der Waals surface area (Å²) in [5.74, 6) is 0.200. The fraction of sp³-hybridized carbons (Fsp3) is 0.333. The van der Waals surface area contributed by atoms with Gasteiger partial charge in [-0.05, 0) is 18.1 Å².